The van der Waals surface area contributed by atoms with Gasteiger partial charge in [-0.3, -0.25) is 9.78 Å². The minimum Gasteiger partial charge on any atom is -0.481 e. The quantitative estimate of drug-likeness (QED) is 0.862. The van der Waals surface area contributed by atoms with E-state index in [-0.39, 0.29) is 12.5 Å². The standard InChI is InChI=1S/C19H22N2O2/c1-4-7-18(22)21-19(2,3)11-6-13-23-16-9-10-17-15(14-16)8-5-12-20-17/h5,8-10,12,14H,4,7,13H2,1-3H3,(H,21,22). The van der Waals surface area contributed by atoms with E-state index >= 15 is 0 Å². The fraction of sp³-hybridized carbons (Fsp3) is 0.368. The summed E-state index contributed by atoms with van der Waals surface area (Å²) in [5.41, 5.74) is 0.383. The van der Waals surface area contributed by atoms with Crippen LogP contribution in [0.2, 0.25) is 0 Å². The molecular formula is C19H22N2O2. The fourth-order valence-electron chi connectivity index (χ4n) is 2.19. The summed E-state index contributed by atoms with van der Waals surface area (Å²) in [6, 6.07) is 9.64. The lowest BCUT2D eigenvalue weighted by atomic mass is 10.1. The van der Waals surface area contributed by atoms with Crippen LogP contribution in [0.3, 0.4) is 0 Å². The summed E-state index contributed by atoms with van der Waals surface area (Å²) in [7, 11) is 0. The van der Waals surface area contributed by atoms with Crippen molar-refractivity contribution in [2.75, 3.05) is 6.61 Å². The van der Waals surface area contributed by atoms with Crippen molar-refractivity contribution in [3.63, 3.8) is 0 Å². The Morgan fingerprint density at radius 1 is 1.35 bits per heavy atom. The molecule has 0 fully saturated rings. The largest absolute Gasteiger partial charge is 0.481 e. The lowest BCUT2D eigenvalue weighted by molar-refractivity contribution is -0.122. The number of hydrogen-bond acceptors (Lipinski definition) is 3. The van der Waals surface area contributed by atoms with Gasteiger partial charge in [-0.15, -0.1) is 0 Å². The Morgan fingerprint density at radius 2 is 2.17 bits per heavy atom. The monoisotopic (exact) mass is 310 g/mol. The van der Waals surface area contributed by atoms with Crippen molar-refractivity contribution in [2.24, 2.45) is 0 Å². The normalized spacial score (nSPS) is 10.7. The number of hydrogen-bond donors (Lipinski definition) is 1. The van der Waals surface area contributed by atoms with Crippen LogP contribution in [0, 0.1) is 11.8 Å². The van der Waals surface area contributed by atoms with Gasteiger partial charge in [0.25, 0.3) is 0 Å². The van der Waals surface area contributed by atoms with E-state index in [9.17, 15) is 4.79 Å². The van der Waals surface area contributed by atoms with Gasteiger partial charge in [-0.05, 0) is 44.5 Å². The fourth-order valence-corrected chi connectivity index (χ4v) is 2.19. The van der Waals surface area contributed by atoms with Gasteiger partial charge in [0.15, 0.2) is 0 Å². The SMILES string of the molecule is CCCC(=O)NC(C)(C)C#CCOc1ccc2ncccc2c1. The lowest BCUT2D eigenvalue weighted by Gasteiger charge is -2.19. The summed E-state index contributed by atoms with van der Waals surface area (Å²) in [5, 5.41) is 3.94. The van der Waals surface area contributed by atoms with Crippen molar-refractivity contribution in [3.05, 3.63) is 36.5 Å². The Morgan fingerprint density at radius 3 is 2.96 bits per heavy atom. The summed E-state index contributed by atoms with van der Waals surface area (Å²) >= 11 is 0. The summed E-state index contributed by atoms with van der Waals surface area (Å²) in [4.78, 5) is 15.9. The second kappa shape index (κ2) is 7.64. The molecule has 0 saturated heterocycles. The van der Waals surface area contributed by atoms with Crippen molar-refractivity contribution in [2.45, 2.75) is 39.2 Å². The van der Waals surface area contributed by atoms with Crippen LogP contribution < -0.4 is 10.1 Å². The van der Waals surface area contributed by atoms with Gasteiger partial charge in [-0.2, -0.15) is 0 Å². The van der Waals surface area contributed by atoms with E-state index in [1.807, 2.05) is 51.1 Å². The zero-order chi connectivity index (χ0) is 16.7. The highest BCUT2D eigenvalue weighted by molar-refractivity contribution is 5.79. The van der Waals surface area contributed by atoms with Gasteiger partial charge in [0.1, 0.15) is 12.4 Å². The highest BCUT2D eigenvalue weighted by atomic mass is 16.5. The van der Waals surface area contributed by atoms with E-state index in [1.54, 1.807) is 6.20 Å². The molecule has 1 aromatic carbocycles. The molecule has 0 spiro atoms. The first-order valence-electron chi connectivity index (χ1n) is 7.79. The van der Waals surface area contributed by atoms with Gasteiger partial charge in [0.05, 0.1) is 11.1 Å². The van der Waals surface area contributed by atoms with Gasteiger partial charge in [-0.1, -0.05) is 24.8 Å². The number of aromatic nitrogens is 1. The second-order valence-corrected chi connectivity index (χ2v) is 5.87. The predicted octanol–water partition coefficient (Wildman–Crippen LogP) is 3.31. The molecule has 0 saturated carbocycles. The van der Waals surface area contributed by atoms with Crippen LogP contribution in [0.15, 0.2) is 36.5 Å². The maximum absolute atomic E-state index is 11.6. The molecule has 4 nitrogen and oxygen atoms in total. The molecule has 0 atom stereocenters. The zero-order valence-corrected chi connectivity index (χ0v) is 13.8. The topological polar surface area (TPSA) is 51.2 Å². The molecule has 4 heteroatoms. The Balaban J connectivity index is 1.92. The molecule has 120 valence electrons. The third-order valence-corrected chi connectivity index (χ3v) is 3.22. The number of carbonyl (C=O) groups excluding carboxylic acids is 1. The van der Waals surface area contributed by atoms with Crippen molar-refractivity contribution in [3.8, 4) is 17.6 Å². The third-order valence-electron chi connectivity index (χ3n) is 3.22. The third kappa shape index (κ3) is 5.30. The van der Waals surface area contributed by atoms with E-state index in [4.69, 9.17) is 4.74 Å². The second-order valence-electron chi connectivity index (χ2n) is 5.87. The van der Waals surface area contributed by atoms with Crippen LogP contribution in [0.5, 0.6) is 5.75 Å². The number of amides is 1. The number of rotatable bonds is 5. The van der Waals surface area contributed by atoms with Crippen molar-refractivity contribution in [1.82, 2.24) is 10.3 Å². The van der Waals surface area contributed by atoms with E-state index in [0.717, 1.165) is 23.1 Å². The van der Waals surface area contributed by atoms with Crippen LogP contribution in [-0.4, -0.2) is 23.0 Å². The Bertz CT molecular complexity index is 742. The molecule has 0 bridgehead atoms. The van der Waals surface area contributed by atoms with Crippen LogP contribution >= 0.6 is 0 Å². The summed E-state index contributed by atoms with van der Waals surface area (Å²) in [5.74, 6) is 6.78. The smallest absolute Gasteiger partial charge is 0.221 e. The Labute approximate surface area is 137 Å². The van der Waals surface area contributed by atoms with E-state index in [2.05, 4.69) is 22.1 Å². The maximum atomic E-state index is 11.6. The Hall–Kier alpha value is -2.54. The molecule has 2 rings (SSSR count). The van der Waals surface area contributed by atoms with Crippen molar-refractivity contribution < 1.29 is 9.53 Å². The maximum Gasteiger partial charge on any atom is 0.221 e. The average molecular weight is 310 g/mol. The first kappa shape index (κ1) is 16.8. The van der Waals surface area contributed by atoms with Crippen molar-refractivity contribution >= 4 is 16.8 Å². The summed E-state index contributed by atoms with van der Waals surface area (Å²) in [6.07, 6.45) is 3.12. The molecule has 0 radical (unpaired) electrons. The molecule has 0 aliphatic heterocycles. The minimum atomic E-state index is -0.553. The molecular weight excluding hydrogens is 288 g/mol. The molecule has 1 aromatic heterocycles. The summed E-state index contributed by atoms with van der Waals surface area (Å²) in [6.45, 7) is 6.02. The molecule has 2 aromatic rings. The molecule has 0 aliphatic rings. The number of carbonyl (C=O) groups is 1. The first-order chi connectivity index (χ1) is 11.0. The van der Waals surface area contributed by atoms with E-state index < -0.39 is 5.54 Å². The average Bonchev–Trinajstić information content (AvgIpc) is 2.51. The van der Waals surface area contributed by atoms with Crippen LogP contribution in [0.4, 0.5) is 0 Å². The minimum absolute atomic E-state index is 0.0229. The van der Waals surface area contributed by atoms with Gasteiger partial charge in [0, 0.05) is 18.0 Å². The molecule has 1 heterocycles. The molecule has 0 unspecified atom stereocenters. The predicted molar refractivity (Wildman–Crippen MR) is 92.1 cm³/mol. The molecule has 23 heavy (non-hydrogen) atoms. The van der Waals surface area contributed by atoms with Crippen LogP contribution in [0.1, 0.15) is 33.6 Å². The number of benzene rings is 1. The van der Waals surface area contributed by atoms with Gasteiger partial charge < -0.3 is 10.1 Å². The number of pyridine rings is 1. The highest BCUT2D eigenvalue weighted by Gasteiger charge is 2.16. The van der Waals surface area contributed by atoms with Crippen LogP contribution in [-0.2, 0) is 4.79 Å². The van der Waals surface area contributed by atoms with E-state index in [1.165, 1.54) is 0 Å². The zero-order valence-electron chi connectivity index (χ0n) is 13.8. The Kier molecular flexibility index (Phi) is 5.59. The van der Waals surface area contributed by atoms with Gasteiger partial charge in [0.2, 0.25) is 5.91 Å². The molecule has 0 aliphatic carbocycles. The number of fused-ring (bicyclic) bond motifs is 1. The van der Waals surface area contributed by atoms with Gasteiger partial charge >= 0.3 is 0 Å². The van der Waals surface area contributed by atoms with Crippen LogP contribution in [0.25, 0.3) is 10.9 Å². The molecule has 1 N–H and O–H groups in total. The number of ether oxygens (including phenoxy) is 1. The lowest BCUT2D eigenvalue weighted by Crippen LogP contribution is -2.42. The molecule has 1 amide bonds. The summed E-state index contributed by atoms with van der Waals surface area (Å²) < 4.78 is 5.65. The van der Waals surface area contributed by atoms with E-state index in [0.29, 0.717) is 6.42 Å². The first-order valence-corrected chi connectivity index (χ1v) is 7.79. The number of nitrogens with zero attached hydrogens (tertiary/aromatic N) is 1. The highest BCUT2D eigenvalue weighted by Crippen LogP contribution is 2.18. The number of nitrogens with one attached hydrogen (secondary N) is 1. The van der Waals surface area contributed by atoms with Gasteiger partial charge in [-0.25, -0.2) is 0 Å². The van der Waals surface area contributed by atoms with Crippen molar-refractivity contribution in [1.29, 1.82) is 0 Å².